The molecular weight excluding hydrogens is 251 g/mol. The summed E-state index contributed by atoms with van der Waals surface area (Å²) in [5.41, 5.74) is 0.819. The largest absolute Gasteiger partial charge is 0.369 e. The van der Waals surface area contributed by atoms with Gasteiger partial charge in [-0.25, -0.2) is 4.39 Å². The number of benzene rings is 1. The number of rotatable bonds is 4. The van der Waals surface area contributed by atoms with Crippen molar-refractivity contribution in [3.63, 3.8) is 0 Å². The van der Waals surface area contributed by atoms with E-state index in [1.807, 2.05) is 0 Å². The van der Waals surface area contributed by atoms with Crippen molar-refractivity contribution < 1.29 is 4.39 Å². The van der Waals surface area contributed by atoms with Crippen molar-refractivity contribution in [3.8, 4) is 0 Å². The maximum absolute atomic E-state index is 13.3. The standard InChI is InChI=1S/C14H20ClFN2/c1-2-7-17-12-4-3-8-18(10-12)14-9-11(16)5-6-13(14)15/h5-6,9,12,17H,2-4,7-8,10H2,1H3. The number of anilines is 1. The first-order chi connectivity index (χ1) is 8.70. The molecule has 100 valence electrons. The zero-order valence-corrected chi connectivity index (χ0v) is 11.5. The molecule has 0 spiro atoms. The first-order valence-electron chi connectivity index (χ1n) is 6.64. The number of nitrogens with zero attached hydrogens (tertiary/aromatic N) is 1. The van der Waals surface area contributed by atoms with E-state index in [4.69, 9.17) is 11.6 Å². The van der Waals surface area contributed by atoms with E-state index < -0.39 is 0 Å². The Morgan fingerprint density at radius 1 is 1.50 bits per heavy atom. The summed E-state index contributed by atoms with van der Waals surface area (Å²) in [6.45, 7) is 5.06. The van der Waals surface area contributed by atoms with E-state index in [1.54, 1.807) is 6.07 Å². The minimum Gasteiger partial charge on any atom is -0.369 e. The Morgan fingerprint density at radius 3 is 3.11 bits per heavy atom. The lowest BCUT2D eigenvalue weighted by Crippen LogP contribution is -2.46. The molecule has 2 rings (SSSR count). The van der Waals surface area contributed by atoms with E-state index >= 15 is 0 Å². The summed E-state index contributed by atoms with van der Waals surface area (Å²) < 4.78 is 13.3. The fourth-order valence-electron chi connectivity index (χ4n) is 2.44. The van der Waals surface area contributed by atoms with Gasteiger partial charge in [0.15, 0.2) is 0 Å². The van der Waals surface area contributed by atoms with E-state index in [-0.39, 0.29) is 5.82 Å². The molecule has 2 nitrogen and oxygen atoms in total. The molecule has 1 atom stereocenters. The molecule has 0 amide bonds. The maximum Gasteiger partial charge on any atom is 0.125 e. The van der Waals surface area contributed by atoms with Gasteiger partial charge in [0, 0.05) is 19.1 Å². The van der Waals surface area contributed by atoms with Crippen molar-refractivity contribution in [2.24, 2.45) is 0 Å². The van der Waals surface area contributed by atoms with E-state index in [2.05, 4.69) is 17.1 Å². The van der Waals surface area contributed by atoms with Crippen LogP contribution in [0.15, 0.2) is 18.2 Å². The second kappa shape index (κ2) is 6.39. The SMILES string of the molecule is CCCNC1CCCN(c2cc(F)ccc2Cl)C1. The Balaban J connectivity index is 2.05. The van der Waals surface area contributed by atoms with Crippen molar-refractivity contribution in [2.75, 3.05) is 24.5 Å². The first-order valence-corrected chi connectivity index (χ1v) is 7.02. The van der Waals surface area contributed by atoms with Crippen LogP contribution >= 0.6 is 11.6 Å². The molecule has 18 heavy (non-hydrogen) atoms. The summed E-state index contributed by atoms with van der Waals surface area (Å²) in [5.74, 6) is -0.224. The first kappa shape index (κ1) is 13.6. The second-order valence-electron chi connectivity index (χ2n) is 4.84. The smallest absolute Gasteiger partial charge is 0.125 e. The van der Waals surface area contributed by atoms with Crippen LogP contribution in [0.1, 0.15) is 26.2 Å². The molecule has 1 unspecified atom stereocenters. The predicted molar refractivity (Wildman–Crippen MR) is 74.9 cm³/mol. The molecule has 0 aromatic heterocycles. The molecule has 0 aliphatic carbocycles. The number of hydrogen-bond donors (Lipinski definition) is 1. The average Bonchev–Trinajstić information content (AvgIpc) is 2.39. The van der Waals surface area contributed by atoms with E-state index in [1.165, 1.54) is 18.6 Å². The molecule has 1 saturated heterocycles. The third kappa shape index (κ3) is 3.36. The minimum absolute atomic E-state index is 0.224. The van der Waals surface area contributed by atoms with Gasteiger partial charge < -0.3 is 10.2 Å². The Kier molecular flexibility index (Phi) is 4.84. The number of halogens is 2. The summed E-state index contributed by atoms with van der Waals surface area (Å²) in [5, 5.41) is 4.16. The zero-order chi connectivity index (χ0) is 13.0. The Morgan fingerprint density at radius 2 is 2.33 bits per heavy atom. The van der Waals surface area contributed by atoms with Crippen molar-refractivity contribution in [2.45, 2.75) is 32.2 Å². The van der Waals surface area contributed by atoms with Crippen LogP contribution in [-0.2, 0) is 0 Å². The van der Waals surface area contributed by atoms with Gasteiger partial charge in [-0.15, -0.1) is 0 Å². The maximum atomic E-state index is 13.3. The van der Waals surface area contributed by atoms with Gasteiger partial charge in [-0.05, 0) is 44.0 Å². The van der Waals surface area contributed by atoms with Gasteiger partial charge in [-0.2, -0.15) is 0 Å². The zero-order valence-electron chi connectivity index (χ0n) is 10.8. The summed E-state index contributed by atoms with van der Waals surface area (Å²) in [6.07, 6.45) is 3.44. The lowest BCUT2D eigenvalue weighted by molar-refractivity contribution is 0.423. The van der Waals surface area contributed by atoms with Crippen molar-refractivity contribution in [3.05, 3.63) is 29.0 Å². The molecule has 1 fully saturated rings. The molecule has 1 aromatic carbocycles. The minimum atomic E-state index is -0.224. The van der Waals surface area contributed by atoms with Gasteiger partial charge >= 0.3 is 0 Å². The number of nitrogens with one attached hydrogen (secondary N) is 1. The topological polar surface area (TPSA) is 15.3 Å². The third-order valence-corrected chi connectivity index (χ3v) is 3.67. The van der Waals surface area contributed by atoms with Crippen molar-refractivity contribution in [1.29, 1.82) is 0 Å². The normalized spacial score (nSPS) is 20.2. The summed E-state index contributed by atoms with van der Waals surface area (Å²) in [7, 11) is 0. The predicted octanol–water partition coefficient (Wildman–Crippen LogP) is 3.45. The van der Waals surface area contributed by atoms with Crippen LogP contribution in [0.4, 0.5) is 10.1 Å². The Bertz CT molecular complexity index is 397. The van der Waals surface area contributed by atoms with Crippen LogP contribution in [0.2, 0.25) is 5.02 Å². The fourth-order valence-corrected chi connectivity index (χ4v) is 2.68. The Labute approximate surface area is 113 Å². The van der Waals surface area contributed by atoms with Crippen molar-refractivity contribution in [1.82, 2.24) is 5.32 Å². The molecule has 1 heterocycles. The van der Waals surface area contributed by atoms with Gasteiger partial charge in [0.2, 0.25) is 0 Å². The second-order valence-corrected chi connectivity index (χ2v) is 5.24. The van der Waals surface area contributed by atoms with Gasteiger partial charge in [0.1, 0.15) is 5.82 Å². The lowest BCUT2D eigenvalue weighted by atomic mass is 10.0. The van der Waals surface area contributed by atoms with Crippen molar-refractivity contribution >= 4 is 17.3 Å². The Hall–Kier alpha value is -0.800. The summed E-state index contributed by atoms with van der Waals surface area (Å²) >= 11 is 6.15. The van der Waals surface area contributed by atoms with Gasteiger partial charge in [-0.3, -0.25) is 0 Å². The fraction of sp³-hybridized carbons (Fsp3) is 0.571. The third-order valence-electron chi connectivity index (χ3n) is 3.35. The van der Waals surface area contributed by atoms with Gasteiger partial charge in [0.05, 0.1) is 10.7 Å². The molecule has 1 aliphatic heterocycles. The van der Waals surface area contributed by atoms with Gasteiger partial charge in [-0.1, -0.05) is 18.5 Å². The molecule has 1 aliphatic rings. The van der Waals surface area contributed by atoms with E-state index in [0.29, 0.717) is 11.1 Å². The summed E-state index contributed by atoms with van der Waals surface area (Å²) in [4.78, 5) is 2.18. The van der Waals surface area contributed by atoms with Crippen LogP contribution in [0.25, 0.3) is 0 Å². The highest BCUT2D eigenvalue weighted by molar-refractivity contribution is 6.33. The van der Waals surface area contributed by atoms with Crippen LogP contribution in [-0.4, -0.2) is 25.7 Å². The quantitative estimate of drug-likeness (QED) is 0.902. The number of hydrogen-bond acceptors (Lipinski definition) is 2. The van der Waals surface area contributed by atoms with E-state index in [0.717, 1.165) is 38.2 Å². The highest BCUT2D eigenvalue weighted by atomic mass is 35.5. The van der Waals surface area contributed by atoms with Gasteiger partial charge in [0.25, 0.3) is 0 Å². The number of piperidine rings is 1. The highest BCUT2D eigenvalue weighted by Crippen LogP contribution is 2.28. The molecule has 4 heteroatoms. The molecule has 0 saturated carbocycles. The summed E-state index contributed by atoms with van der Waals surface area (Å²) in [6, 6.07) is 5.06. The molecule has 1 N–H and O–H groups in total. The van der Waals surface area contributed by atoms with Crippen LogP contribution in [0, 0.1) is 5.82 Å². The molecule has 0 bridgehead atoms. The van der Waals surface area contributed by atoms with Crippen LogP contribution in [0.5, 0.6) is 0 Å². The lowest BCUT2D eigenvalue weighted by Gasteiger charge is -2.35. The van der Waals surface area contributed by atoms with E-state index in [9.17, 15) is 4.39 Å². The molecular formula is C14H20ClFN2. The highest BCUT2D eigenvalue weighted by Gasteiger charge is 2.21. The molecule has 1 aromatic rings. The van der Waals surface area contributed by atoms with Crippen LogP contribution in [0.3, 0.4) is 0 Å². The monoisotopic (exact) mass is 270 g/mol. The van der Waals surface area contributed by atoms with Crippen LogP contribution < -0.4 is 10.2 Å². The average molecular weight is 271 g/mol. The molecule has 0 radical (unpaired) electrons.